The molecule has 5 N–H and O–H groups in total. The summed E-state index contributed by atoms with van der Waals surface area (Å²) in [6.45, 7) is 1.25. The fourth-order valence-corrected chi connectivity index (χ4v) is 4.82. The molecule has 33 heavy (non-hydrogen) atoms. The molecule has 170 valence electrons. The van der Waals surface area contributed by atoms with E-state index in [1.807, 2.05) is 23.1 Å². The summed E-state index contributed by atoms with van der Waals surface area (Å²) >= 11 is 5.87. The van der Waals surface area contributed by atoms with Crippen LogP contribution in [0.3, 0.4) is 0 Å². The molecule has 1 aliphatic carbocycles. The largest absolute Gasteiger partial charge is 0.382 e. The number of carbonyl (C=O) groups is 2. The number of nitrogens with two attached hydrogens (primary N) is 2. The maximum Gasteiger partial charge on any atom is 0.279 e. The van der Waals surface area contributed by atoms with Crippen LogP contribution in [0.2, 0.25) is 5.15 Å². The van der Waals surface area contributed by atoms with E-state index < -0.39 is 5.91 Å². The number of aromatic nitrogens is 2. The van der Waals surface area contributed by atoms with Crippen molar-refractivity contribution in [3.63, 3.8) is 0 Å². The van der Waals surface area contributed by atoms with Gasteiger partial charge in [-0.25, -0.2) is 9.97 Å². The lowest BCUT2D eigenvalue weighted by molar-refractivity contribution is 0.0673. The second-order valence-electron chi connectivity index (χ2n) is 8.68. The molecule has 0 radical (unpaired) electrons. The van der Waals surface area contributed by atoms with Gasteiger partial charge in [0.25, 0.3) is 11.8 Å². The Bertz CT molecular complexity index is 1220. The molecule has 1 fully saturated rings. The third-order valence-corrected chi connectivity index (χ3v) is 6.86. The van der Waals surface area contributed by atoms with Crippen LogP contribution in [0.5, 0.6) is 0 Å². The molecule has 0 atom stereocenters. The zero-order valence-corrected chi connectivity index (χ0v) is 18.7. The molecule has 0 unspecified atom stereocenters. The Hall–Kier alpha value is -3.46. The molecule has 1 aromatic heterocycles. The van der Waals surface area contributed by atoms with Crippen LogP contribution in [0.25, 0.3) is 6.08 Å². The molecule has 1 aromatic carbocycles. The van der Waals surface area contributed by atoms with Gasteiger partial charge in [0, 0.05) is 25.1 Å². The minimum atomic E-state index is -0.518. The number of likely N-dealkylation sites (tertiary alicyclic amines) is 1. The Labute approximate surface area is 195 Å². The SMILES string of the molecule is Nc1nc(N)c(C(=O)NC2=NC3(CC2)CCN(C(=O)c2ccc4c(c2)C=CC4)CC3)nc1Cl. The molecule has 5 rings (SSSR count). The third kappa shape index (κ3) is 4.04. The van der Waals surface area contributed by atoms with Crippen LogP contribution < -0.4 is 16.8 Å². The van der Waals surface area contributed by atoms with Gasteiger partial charge in [-0.3, -0.25) is 14.6 Å². The lowest BCUT2D eigenvalue weighted by Crippen LogP contribution is -2.45. The van der Waals surface area contributed by atoms with E-state index in [2.05, 4.69) is 27.4 Å². The Morgan fingerprint density at radius 1 is 1.09 bits per heavy atom. The molecule has 10 heteroatoms. The predicted molar refractivity (Wildman–Crippen MR) is 127 cm³/mol. The number of amidine groups is 1. The zero-order chi connectivity index (χ0) is 23.2. The topological polar surface area (TPSA) is 140 Å². The zero-order valence-electron chi connectivity index (χ0n) is 18.0. The number of benzene rings is 1. The number of halogens is 1. The summed E-state index contributed by atoms with van der Waals surface area (Å²) in [6, 6.07) is 5.93. The van der Waals surface area contributed by atoms with E-state index in [1.165, 1.54) is 5.56 Å². The van der Waals surface area contributed by atoms with Gasteiger partial charge in [-0.1, -0.05) is 29.8 Å². The van der Waals surface area contributed by atoms with Gasteiger partial charge in [-0.05, 0) is 48.9 Å². The molecule has 2 aromatic rings. The Morgan fingerprint density at radius 2 is 1.88 bits per heavy atom. The number of amides is 2. The van der Waals surface area contributed by atoms with Crippen LogP contribution in [0.4, 0.5) is 11.6 Å². The van der Waals surface area contributed by atoms with Crippen molar-refractivity contribution < 1.29 is 9.59 Å². The number of anilines is 2. The first-order chi connectivity index (χ1) is 15.8. The number of piperidine rings is 1. The summed E-state index contributed by atoms with van der Waals surface area (Å²) in [5, 5.41) is 2.71. The van der Waals surface area contributed by atoms with Crippen LogP contribution in [0, 0.1) is 0 Å². The maximum absolute atomic E-state index is 13.0. The van der Waals surface area contributed by atoms with Crippen LogP contribution in [-0.2, 0) is 6.42 Å². The summed E-state index contributed by atoms with van der Waals surface area (Å²) in [5.41, 5.74) is 14.1. The number of nitrogens with zero attached hydrogens (tertiary/aromatic N) is 4. The van der Waals surface area contributed by atoms with Crippen LogP contribution in [0.1, 0.15) is 57.7 Å². The maximum atomic E-state index is 13.0. The van der Waals surface area contributed by atoms with Crippen molar-refractivity contribution in [1.29, 1.82) is 0 Å². The summed E-state index contributed by atoms with van der Waals surface area (Å²) in [5.74, 6) is 0.00477. The smallest absolute Gasteiger partial charge is 0.279 e. The third-order valence-electron chi connectivity index (χ3n) is 6.59. The summed E-state index contributed by atoms with van der Waals surface area (Å²) in [6.07, 6.45) is 8.05. The van der Waals surface area contributed by atoms with Crippen molar-refractivity contribution in [2.75, 3.05) is 24.6 Å². The van der Waals surface area contributed by atoms with Gasteiger partial charge in [-0.2, -0.15) is 0 Å². The van der Waals surface area contributed by atoms with E-state index in [0.29, 0.717) is 25.3 Å². The van der Waals surface area contributed by atoms with Gasteiger partial charge in [-0.15, -0.1) is 0 Å². The first kappa shape index (κ1) is 21.4. The number of fused-ring (bicyclic) bond motifs is 1. The highest BCUT2D eigenvalue weighted by Gasteiger charge is 2.39. The van der Waals surface area contributed by atoms with E-state index >= 15 is 0 Å². The molecule has 2 amide bonds. The van der Waals surface area contributed by atoms with E-state index in [1.54, 1.807) is 0 Å². The number of hydrogen-bond acceptors (Lipinski definition) is 7. The van der Waals surface area contributed by atoms with Crippen molar-refractivity contribution in [1.82, 2.24) is 20.2 Å². The van der Waals surface area contributed by atoms with Crippen molar-refractivity contribution in [2.24, 2.45) is 4.99 Å². The standard InChI is InChI=1S/C23H24ClN7O2/c24-18-20(26)29-19(25)17(28-18)21(32)27-16-6-7-23(30-16)8-10-31(11-9-23)22(33)15-5-4-13-2-1-3-14(13)12-15/h1,3-5,12H,2,6-11H2,(H4,25,26,29)(H,27,30,32). The van der Waals surface area contributed by atoms with Crippen molar-refractivity contribution in [3.05, 3.63) is 51.8 Å². The van der Waals surface area contributed by atoms with Gasteiger partial charge in [0.2, 0.25) is 0 Å². The molecular weight excluding hydrogens is 442 g/mol. The highest BCUT2D eigenvalue weighted by atomic mass is 35.5. The lowest BCUT2D eigenvalue weighted by atomic mass is 9.86. The molecule has 2 aliphatic heterocycles. The van der Waals surface area contributed by atoms with Crippen molar-refractivity contribution >= 4 is 47.0 Å². The summed E-state index contributed by atoms with van der Waals surface area (Å²) in [4.78, 5) is 40.1. The molecule has 1 saturated heterocycles. The van der Waals surface area contributed by atoms with Crippen molar-refractivity contribution in [2.45, 2.75) is 37.6 Å². The summed E-state index contributed by atoms with van der Waals surface area (Å²) in [7, 11) is 0. The second kappa shape index (κ2) is 8.15. The normalized spacial score (nSPS) is 18.3. The molecule has 3 heterocycles. The highest BCUT2D eigenvalue weighted by molar-refractivity contribution is 6.31. The Balaban J connectivity index is 1.23. The second-order valence-corrected chi connectivity index (χ2v) is 9.04. The minimum Gasteiger partial charge on any atom is -0.382 e. The Kier molecular flexibility index (Phi) is 5.28. The van der Waals surface area contributed by atoms with Crippen LogP contribution >= 0.6 is 11.6 Å². The number of hydrogen-bond donors (Lipinski definition) is 3. The predicted octanol–water partition coefficient (Wildman–Crippen LogP) is 2.46. The summed E-state index contributed by atoms with van der Waals surface area (Å²) < 4.78 is 0. The first-order valence-electron chi connectivity index (χ1n) is 10.9. The van der Waals surface area contributed by atoms with Crippen LogP contribution in [-0.4, -0.2) is 51.1 Å². The lowest BCUT2D eigenvalue weighted by Gasteiger charge is -2.37. The number of rotatable bonds is 2. The van der Waals surface area contributed by atoms with E-state index in [4.69, 9.17) is 28.1 Å². The van der Waals surface area contributed by atoms with Gasteiger partial charge in [0.05, 0.1) is 5.54 Å². The molecule has 0 bridgehead atoms. The minimum absolute atomic E-state index is 0.0273. The first-order valence-corrected chi connectivity index (χ1v) is 11.3. The number of allylic oxidation sites excluding steroid dienone is 1. The van der Waals surface area contributed by atoms with Crippen molar-refractivity contribution in [3.8, 4) is 0 Å². The highest BCUT2D eigenvalue weighted by Crippen LogP contribution is 2.36. The fraction of sp³-hybridized carbons (Fsp3) is 0.348. The Morgan fingerprint density at radius 3 is 2.67 bits per heavy atom. The number of carbonyl (C=O) groups excluding carboxylic acids is 2. The quantitative estimate of drug-likeness (QED) is 0.622. The fourth-order valence-electron chi connectivity index (χ4n) is 4.69. The van der Waals surface area contributed by atoms with Gasteiger partial charge in [0.15, 0.2) is 22.5 Å². The molecule has 1 spiro atoms. The van der Waals surface area contributed by atoms with E-state index in [0.717, 1.165) is 36.8 Å². The van der Waals surface area contributed by atoms with E-state index in [9.17, 15) is 9.59 Å². The number of nitrogen functional groups attached to an aromatic ring is 2. The molecule has 0 saturated carbocycles. The number of aliphatic imine (C=N–C) groups is 1. The monoisotopic (exact) mass is 465 g/mol. The molecular formula is C23H24ClN7O2. The van der Waals surface area contributed by atoms with Crippen LogP contribution in [0.15, 0.2) is 29.3 Å². The molecule has 3 aliphatic rings. The average Bonchev–Trinajstić information content (AvgIpc) is 3.43. The van der Waals surface area contributed by atoms with E-state index in [-0.39, 0.29) is 33.9 Å². The average molecular weight is 466 g/mol. The van der Waals surface area contributed by atoms with Gasteiger partial charge >= 0.3 is 0 Å². The van der Waals surface area contributed by atoms with Gasteiger partial charge in [0.1, 0.15) is 5.84 Å². The molecule has 9 nitrogen and oxygen atoms in total. The number of nitrogens with one attached hydrogen (secondary N) is 1. The van der Waals surface area contributed by atoms with Gasteiger partial charge < -0.3 is 21.7 Å².